The van der Waals surface area contributed by atoms with Crippen LogP contribution in [0.25, 0.3) is 11.0 Å². The zero-order valence-corrected chi connectivity index (χ0v) is 6.70. The molecule has 0 amide bonds. The molecule has 3 nitrogen and oxygen atoms in total. The van der Waals surface area contributed by atoms with Crippen LogP contribution >= 0.6 is 0 Å². The summed E-state index contributed by atoms with van der Waals surface area (Å²) in [6.07, 6.45) is 3.96. The molecular weight excluding hydrogens is 138 g/mol. The minimum atomic E-state index is 0.441. The van der Waals surface area contributed by atoms with Crippen LogP contribution in [0.3, 0.4) is 0 Å². The molecule has 0 fully saturated rings. The van der Waals surface area contributed by atoms with Crippen molar-refractivity contribution in [3.8, 4) is 0 Å². The molecule has 2 rings (SSSR count). The predicted octanol–water partition coefficient (Wildman–Crippen LogP) is 1.95. The Hall–Kier alpha value is -1.25. The van der Waals surface area contributed by atoms with Gasteiger partial charge in [-0.15, -0.1) is 0 Å². The maximum absolute atomic E-state index is 4.33. The Morgan fingerprint density at radius 1 is 1.55 bits per heavy atom. The molecule has 1 N–H and O–H groups in total. The smallest absolute Gasteiger partial charge is 0.159 e. The van der Waals surface area contributed by atoms with Crippen LogP contribution in [0.1, 0.15) is 19.9 Å². The van der Waals surface area contributed by atoms with Crippen molar-refractivity contribution in [1.82, 2.24) is 14.8 Å². The number of rotatable bonds is 1. The lowest BCUT2D eigenvalue weighted by atomic mass is 10.4. The Bertz CT molecular complexity index is 327. The van der Waals surface area contributed by atoms with Crippen LogP contribution < -0.4 is 0 Å². The van der Waals surface area contributed by atoms with Crippen molar-refractivity contribution in [3.63, 3.8) is 0 Å². The topological polar surface area (TPSA) is 33.6 Å². The Morgan fingerprint density at radius 2 is 2.36 bits per heavy atom. The molecule has 3 heteroatoms. The van der Waals surface area contributed by atoms with E-state index < -0.39 is 0 Å². The first-order valence-corrected chi connectivity index (χ1v) is 3.79. The van der Waals surface area contributed by atoms with Crippen LogP contribution in [-0.2, 0) is 0 Å². The first kappa shape index (κ1) is 6.46. The summed E-state index contributed by atoms with van der Waals surface area (Å²) < 4.78 is 1.96. The summed E-state index contributed by atoms with van der Waals surface area (Å²) in [7, 11) is 0. The summed E-state index contributed by atoms with van der Waals surface area (Å²) in [6, 6.07) is 2.47. The van der Waals surface area contributed by atoms with E-state index in [1.165, 1.54) is 5.39 Å². The molecule has 2 heterocycles. The Kier molecular flexibility index (Phi) is 1.24. The Balaban J connectivity index is 2.58. The number of aromatic nitrogens is 3. The summed E-state index contributed by atoms with van der Waals surface area (Å²) in [5, 5.41) is 5.51. The van der Waals surface area contributed by atoms with Gasteiger partial charge in [0.1, 0.15) is 0 Å². The fraction of sp³-hybridized carbons (Fsp3) is 0.375. The van der Waals surface area contributed by atoms with Gasteiger partial charge in [0.25, 0.3) is 0 Å². The molecule has 0 unspecified atom stereocenters. The van der Waals surface area contributed by atoms with Gasteiger partial charge in [0.2, 0.25) is 0 Å². The van der Waals surface area contributed by atoms with Crippen molar-refractivity contribution in [1.29, 1.82) is 0 Å². The van der Waals surface area contributed by atoms with Crippen LogP contribution in [0, 0.1) is 0 Å². The van der Waals surface area contributed by atoms with Gasteiger partial charge in [-0.1, -0.05) is 0 Å². The van der Waals surface area contributed by atoms with Crippen LogP contribution in [0.5, 0.6) is 0 Å². The highest BCUT2D eigenvalue weighted by Gasteiger charge is 2.02. The number of fused-ring (bicyclic) bond motifs is 1. The molecule has 0 saturated heterocycles. The molecule has 0 aliphatic heterocycles. The van der Waals surface area contributed by atoms with Crippen molar-refractivity contribution in [2.45, 2.75) is 19.9 Å². The molecule has 0 aromatic carbocycles. The van der Waals surface area contributed by atoms with E-state index in [1.54, 1.807) is 0 Å². The maximum Gasteiger partial charge on any atom is 0.159 e. The third-order valence-electron chi connectivity index (χ3n) is 1.77. The highest BCUT2D eigenvalue weighted by atomic mass is 15.3. The lowest BCUT2D eigenvalue weighted by Crippen LogP contribution is -2.00. The van der Waals surface area contributed by atoms with Gasteiger partial charge >= 0.3 is 0 Å². The second-order valence-corrected chi connectivity index (χ2v) is 2.98. The SMILES string of the molecule is CC(C)n1cc2cc[nH]c2n1. The third-order valence-corrected chi connectivity index (χ3v) is 1.77. The lowest BCUT2D eigenvalue weighted by molar-refractivity contribution is 0.536. The summed E-state index contributed by atoms with van der Waals surface area (Å²) in [6.45, 7) is 4.23. The largest absolute Gasteiger partial charge is 0.345 e. The van der Waals surface area contributed by atoms with Gasteiger partial charge in [-0.2, -0.15) is 5.10 Å². The average molecular weight is 149 g/mol. The number of aromatic amines is 1. The predicted molar refractivity (Wildman–Crippen MR) is 44.5 cm³/mol. The fourth-order valence-corrected chi connectivity index (χ4v) is 1.11. The minimum Gasteiger partial charge on any atom is -0.345 e. The number of hydrogen-bond donors (Lipinski definition) is 1. The van der Waals surface area contributed by atoms with Gasteiger partial charge in [0.05, 0.1) is 0 Å². The zero-order valence-electron chi connectivity index (χ0n) is 6.70. The summed E-state index contributed by atoms with van der Waals surface area (Å²) >= 11 is 0. The van der Waals surface area contributed by atoms with E-state index in [0.29, 0.717) is 6.04 Å². The van der Waals surface area contributed by atoms with Crippen molar-refractivity contribution >= 4 is 11.0 Å². The molecule has 2 aromatic heterocycles. The first-order chi connectivity index (χ1) is 5.27. The molecule has 0 aliphatic rings. The van der Waals surface area contributed by atoms with Crippen LogP contribution in [0.2, 0.25) is 0 Å². The monoisotopic (exact) mass is 149 g/mol. The molecule has 0 atom stereocenters. The molecule has 0 radical (unpaired) electrons. The second-order valence-electron chi connectivity index (χ2n) is 2.98. The molecule has 2 aromatic rings. The third kappa shape index (κ3) is 0.926. The van der Waals surface area contributed by atoms with Crippen molar-refractivity contribution in [2.24, 2.45) is 0 Å². The minimum absolute atomic E-state index is 0.441. The second kappa shape index (κ2) is 2.12. The van der Waals surface area contributed by atoms with Crippen LogP contribution in [0.4, 0.5) is 0 Å². The summed E-state index contributed by atoms with van der Waals surface area (Å²) in [5.41, 5.74) is 0.971. The van der Waals surface area contributed by atoms with Gasteiger partial charge in [-0.3, -0.25) is 4.68 Å². The summed E-state index contributed by atoms with van der Waals surface area (Å²) in [5.74, 6) is 0. The maximum atomic E-state index is 4.33. The van der Waals surface area contributed by atoms with E-state index in [9.17, 15) is 0 Å². The highest BCUT2D eigenvalue weighted by molar-refractivity contribution is 5.74. The van der Waals surface area contributed by atoms with E-state index in [1.807, 2.05) is 16.9 Å². The fourth-order valence-electron chi connectivity index (χ4n) is 1.11. The number of nitrogens with zero attached hydrogens (tertiary/aromatic N) is 2. The normalized spacial score (nSPS) is 11.5. The molecule has 58 valence electrons. The van der Waals surface area contributed by atoms with Gasteiger partial charge < -0.3 is 4.98 Å². The van der Waals surface area contributed by atoms with E-state index >= 15 is 0 Å². The molecule has 0 aliphatic carbocycles. The molecule has 11 heavy (non-hydrogen) atoms. The van der Waals surface area contributed by atoms with E-state index in [-0.39, 0.29) is 0 Å². The molecule has 0 spiro atoms. The van der Waals surface area contributed by atoms with Gasteiger partial charge in [0, 0.05) is 23.8 Å². The van der Waals surface area contributed by atoms with E-state index in [2.05, 4.69) is 30.1 Å². The molecule has 0 saturated carbocycles. The standard InChI is InChI=1S/C8H11N3/c1-6(2)11-5-7-3-4-9-8(7)10-11/h3-6H,1-2H3,(H,9,10). The molecule has 0 bridgehead atoms. The molecular formula is C8H11N3. The van der Waals surface area contributed by atoms with Gasteiger partial charge in [-0.05, 0) is 19.9 Å². The van der Waals surface area contributed by atoms with Crippen LogP contribution in [-0.4, -0.2) is 14.8 Å². The number of nitrogens with one attached hydrogen (secondary N) is 1. The highest BCUT2D eigenvalue weighted by Crippen LogP contribution is 2.12. The van der Waals surface area contributed by atoms with Crippen molar-refractivity contribution in [2.75, 3.05) is 0 Å². The van der Waals surface area contributed by atoms with E-state index in [0.717, 1.165) is 5.65 Å². The average Bonchev–Trinajstić information content (AvgIpc) is 2.40. The van der Waals surface area contributed by atoms with Crippen LogP contribution in [0.15, 0.2) is 18.5 Å². The Morgan fingerprint density at radius 3 is 3.00 bits per heavy atom. The van der Waals surface area contributed by atoms with Gasteiger partial charge in [-0.25, -0.2) is 0 Å². The number of H-pyrrole nitrogens is 1. The first-order valence-electron chi connectivity index (χ1n) is 3.79. The summed E-state index contributed by atoms with van der Waals surface area (Å²) in [4.78, 5) is 3.06. The van der Waals surface area contributed by atoms with Gasteiger partial charge in [0.15, 0.2) is 5.65 Å². The Labute approximate surface area is 65.0 Å². The quantitative estimate of drug-likeness (QED) is 0.660. The zero-order chi connectivity index (χ0) is 7.84. The van der Waals surface area contributed by atoms with E-state index in [4.69, 9.17) is 0 Å². The lowest BCUT2D eigenvalue weighted by Gasteiger charge is -2.02. The van der Waals surface area contributed by atoms with Crippen molar-refractivity contribution < 1.29 is 0 Å². The van der Waals surface area contributed by atoms with Crippen molar-refractivity contribution in [3.05, 3.63) is 18.5 Å². The number of hydrogen-bond acceptors (Lipinski definition) is 1.